The number of hydrogen-bond acceptors (Lipinski definition) is 3. The van der Waals surface area contributed by atoms with Gasteiger partial charge in [0.15, 0.2) is 0 Å². The summed E-state index contributed by atoms with van der Waals surface area (Å²) >= 11 is 7.50. The van der Waals surface area contributed by atoms with Gasteiger partial charge in [-0.2, -0.15) is 0 Å². The second-order valence-electron chi connectivity index (χ2n) is 5.50. The molecule has 1 heterocycles. The standard InChI is InChI=1S/C15H18ClNO3S/c1-8(2)14-17(12(7-21-14)15(19)20)13(18)10-4-5-11(16)9(3)6-10/h4-6,8,12,14H,7H2,1-3H3,(H,19,20). The van der Waals surface area contributed by atoms with Crippen LogP contribution in [0.4, 0.5) is 0 Å². The molecule has 1 aliphatic heterocycles. The van der Waals surface area contributed by atoms with Crippen molar-refractivity contribution in [2.45, 2.75) is 32.2 Å². The van der Waals surface area contributed by atoms with Crippen molar-refractivity contribution in [3.8, 4) is 0 Å². The molecule has 2 rings (SSSR count). The highest BCUT2D eigenvalue weighted by atomic mass is 35.5. The van der Waals surface area contributed by atoms with Crippen molar-refractivity contribution in [2.75, 3.05) is 5.75 Å². The van der Waals surface area contributed by atoms with Gasteiger partial charge in [0.1, 0.15) is 6.04 Å². The van der Waals surface area contributed by atoms with Gasteiger partial charge in [0.05, 0.1) is 5.37 Å². The number of carboxylic acids is 1. The zero-order valence-electron chi connectivity index (χ0n) is 12.2. The molecule has 2 atom stereocenters. The number of rotatable bonds is 3. The van der Waals surface area contributed by atoms with Gasteiger partial charge in [-0.15, -0.1) is 11.8 Å². The number of carboxylic acid groups (broad SMARTS) is 1. The Morgan fingerprint density at radius 2 is 2.10 bits per heavy atom. The summed E-state index contributed by atoms with van der Waals surface area (Å²) in [6.45, 7) is 5.82. The number of aliphatic carboxylic acids is 1. The molecule has 114 valence electrons. The summed E-state index contributed by atoms with van der Waals surface area (Å²) in [7, 11) is 0. The first-order valence-electron chi connectivity index (χ1n) is 6.76. The third kappa shape index (κ3) is 3.19. The maximum atomic E-state index is 12.7. The first kappa shape index (κ1) is 16.2. The van der Waals surface area contributed by atoms with Crippen LogP contribution >= 0.6 is 23.4 Å². The number of carbonyl (C=O) groups excluding carboxylic acids is 1. The Morgan fingerprint density at radius 1 is 1.43 bits per heavy atom. The van der Waals surface area contributed by atoms with Gasteiger partial charge in [-0.1, -0.05) is 25.4 Å². The van der Waals surface area contributed by atoms with E-state index in [9.17, 15) is 14.7 Å². The third-order valence-corrected chi connectivity index (χ3v) is 5.57. The topological polar surface area (TPSA) is 57.6 Å². The second-order valence-corrected chi connectivity index (χ2v) is 7.06. The Morgan fingerprint density at radius 3 is 2.62 bits per heavy atom. The number of aryl methyl sites for hydroxylation is 1. The highest BCUT2D eigenvalue weighted by Crippen LogP contribution is 2.35. The van der Waals surface area contributed by atoms with Crippen LogP contribution in [0.25, 0.3) is 0 Å². The van der Waals surface area contributed by atoms with E-state index < -0.39 is 12.0 Å². The summed E-state index contributed by atoms with van der Waals surface area (Å²) in [6, 6.07) is 4.26. The molecule has 1 fully saturated rings. The number of nitrogens with zero attached hydrogens (tertiary/aromatic N) is 1. The first-order chi connectivity index (χ1) is 9.82. The monoisotopic (exact) mass is 327 g/mol. The van der Waals surface area contributed by atoms with Gasteiger partial charge in [0, 0.05) is 16.3 Å². The van der Waals surface area contributed by atoms with Gasteiger partial charge >= 0.3 is 5.97 Å². The molecule has 0 saturated carbocycles. The molecule has 4 nitrogen and oxygen atoms in total. The smallest absolute Gasteiger partial charge is 0.327 e. The molecule has 1 amide bonds. The molecule has 0 spiro atoms. The van der Waals surface area contributed by atoms with Crippen molar-refractivity contribution >= 4 is 35.2 Å². The van der Waals surface area contributed by atoms with E-state index in [2.05, 4.69) is 0 Å². The summed E-state index contributed by atoms with van der Waals surface area (Å²) in [5.41, 5.74) is 1.29. The lowest BCUT2D eigenvalue weighted by Gasteiger charge is -2.29. The van der Waals surface area contributed by atoms with Gasteiger partial charge in [-0.25, -0.2) is 4.79 Å². The van der Waals surface area contributed by atoms with E-state index in [0.29, 0.717) is 16.3 Å². The van der Waals surface area contributed by atoms with E-state index in [1.165, 1.54) is 16.7 Å². The van der Waals surface area contributed by atoms with Crippen LogP contribution in [0.15, 0.2) is 18.2 Å². The van der Waals surface area contributed by atoms with E-state index >= 15 is 0 Å². The SMILES string of the molecule is Cc1cc(C(=O)N2C(C(=O)O)CSC2C(C)C)ccc1Cl. The zero-order valence-corrected chi connectivity index (χ0v) is 13.7. The summed E-state index contributed by atoms with van der Waals surface area (Å²) in [4.78, 5) is 25.7. The van der Waals surface area contributed by atoms with Crippen LogP contribution in [0, 0.1) is 12.8 Å². The van der Waals surface area contributed by atoms with Gasteiger partial charge < -0.3 is 10.0 Å². The van der Waals surface area contributed by atoms with Gasteiger partial charge in [-0.3, -0.25) is 4.79 Å². The van der Waals surface area contributed by atoms with Crippen LogP contribution in [0.3, 0.4) is 0 Å². The molecule has 21 heavy (non-hydrogen) atoms. The quantitative estimate of drug-likeness (QED) is 0.925. The van der Waals surface area contributed by atoms with Crippen LogP contribution in [-0.2, 0) is 4.79 Å². The second kappa shape index (κ2) is 6.28. The lowest BCUT2D eigenvalue weighted by molar-refractivity contribution is -0.141. The molecule has 6 heteroatoms. The number of halogens is 1. The van der Waals surface area contributed by atoms with Crippen molar-refractivity contribution in [3.05, 3.63) is 34.3 Å². The highest BCUT2D eigenvalue weighted by Gasteiger charge is 2.43. The van der Waals surface area contributed by atoms with Gasteiger partial charge in [-0.05, 0) is 36.6 Å². The first-order valence-corrected chi connectivity index (χ1v) is 8.18. The Hall–Kier alpha value is -1.20. The fourth-order valence-electron chi connectivity index (χ4n) is 2.42. The summed E-state index contributed by atoms with van der Waals surface area (Å²) in [5.74, 6) is -0.580. The summed E-state index contributed by atoms with van der Waals surface area (Å²) in [6.07, 6.45) is 0. The fourth-order valence-corrected chi connectivity index (χ4v) is 4.00. The number of thioether (sulfide) groups is 1. The van der Waals surface area contributed by atoms with Crippen molar-refractivity contribution in [1.82, 2.24) is 4.90 Å². The minimum Gasteiger partial charge on any atom is -0.480 e. The van der Waals surface area contributed by atoms with Crippen molar-refractivity contribution in [1.29, 1.82) is 0 Å². The van der Waals surface area contributed by atoms with Gasteiger partial charge in [0.25, 0.3) is 5.91 Å². The van der Waals surface area contributed by atoms with Crippen LogP contribution in [0.1, 0.15) is 29.8 Å². The molecule has 0 aromatic heterocycles. The molecule has 1 aliphatic rings. The van der Waals surface area contributed by atoms with Crippen molar-refractivity contribution < 1.29 is 14.7 Å². The molecule has 0 bridgehead atoms. The zero-order chi connectivity index (χ0) is 15.7. The van der Waals surface area contributed by atoms with E-state index in [1.807, 2.05) is 20.8 Å². The van der Waals surface area contributed by atoms with Crippen LogP contribution in [0.5, 0.6) is 0 Å². The Kier molecular flexibility index (Phi) is 4.84. The third-order valence-electron chi connectivity index (χ3n) is 3.53. The highest BCUT2D eigenvalue weighted by molar-refractivity contribution is 8.00. The maximum absolute atomic E-state index is 12.7. The van der Waals surface area contributed by atoms with E-state index in [1.54, 1.807) is 18.2 Å². The van der Waals surface area contributed by atoms with E-state index in [0.717, 1.165) is 5.56 Å². The summed E-state index contributed by atoms with van der Waals surface area (Å²) < 4.78 is 0. The molecule has 1 N–H and O–H groups in total. The molecule has 1 aromatic rings. The molecule has 1 saturated heterocycles. The molecule has 0 aliphatic carbocycles. The van der Waals surface area contributed by atoms with E-state index in [4.69, 9.17) is 11.6 Å². The van der Waals surface area contributed by atoms with Crippen LogP contribution in [0.2, 0.25) is 5.02 Å². The Bertz CT molecular complexity index is 576. The minimum atomic E-state index is -0.954. The minimum absolute atomic E-state index is 0.116. The lowest BCUT2D eigenvalue weighted by Crippen LogP contribution is -2.47. The fraction of sp³-hybridized carbons (Fsp3) is 0.467. The Labute approximate surface area is 133 Å². The van der Waals surface area contributed by atoms with Crippen LogP contribution < -0.4 is 0 Å². The summed E-state index contributed by atoms with van der Waals surface area (Å²) in [5, 5.41) is 9.83. The van der Waals surface area contributed by atoms with E-state index in [-0.39, 0.29) is 17.2 Å². The molecular formula is C15H18ClNO3S. The number of carbonyl (C=O) groups is 2. The normalized spacial score (nSPS) is 21.9. The van der Waals surface area contributed by atoms with Crippen molar-refractivity contribution in [2.24, 2.45) is 5.92 Å². The molecule has 1 aromatic carbocycles. The lowest BCUT2D eigenvalue weighted by atomic mass is 10.1. The number of amides is 1. The molecule has 2 unspecified atom stereocenters. The van der Waals surface area contributed by atoms with Gasteiger partial charge in [0.2, 0.25) is 0 Å². The van der Waals surface area contributed by atoms with Crippen molar-refractivity contribution in [3.63, 3.8) is 0 Å². The van der Waals surface area contributed by atoms with Crippen LogP contribution in [-0.4, -0.2) is 39.1 Å². The maximum Gasteiger partial charge on any atom is 0.327 e. The predicted octanol–water partition coefficient (Wildman–Crippen LogP) is 3.27. The predicted molar refractivity (Wildman–Crippen MR) is 84.9 cm³/mol. The Balaban J connectivity index is 2.36. The molecule has 0 radical (unpaired) electrons. The number of hydrogen-bond donors (Lipinski definition) is 1. The molecular weight excluding hydrogens is 310 g/mol. The average Bonchev–Trinajstić information content (AvgIpc) is 2.86. The largest absolute Gasteiger partial charge is 0.480 e. The average molecular weight is 328 g/mol. The number of benzene rings is 1.